The van der Waals surface area contributed by atoms with Crippen molar-refractivity contribution < 1.29 is 17.6 Å². The van der Waals surface area contributed by atoms with Gasteiger partial charge in [-0.15, -0.1) is 0 Å². The van der Waals surface area contributed by atoms with Crippen molar-refractivity contribution >= 4 is 0 Å². The van der Waals surface area contributed by atoms with Gasteiger partial charge in [0.1, 0.15) is 0 Å². The molecule has 1 N–H and O–H groups in total. The van der Waals surface area contributed by atoms with Gasteiger partial charge >= 0.3 is 6.18 Å². The summed E-state index contributed by atoms with van der Waals surface area (Å²) in [5.74, 6) is -0.130. The zero-order valence-electron chi connectivity index (χ0n) is 8.12. The molecule has 1 aliphatic rings. The Hall–Kier alpha value is -0.320. The molecule has 0 aromatic rings. The Bertz CT molecular complexity index is 192. The highest BCUT2D eigenvalue weighted by atomic mass is 19.4. The number of rotatable bonds is 3. The Morgan fingerprint density at radius 2 is 2.07 bits per heavy atom. The van der Waals surface area contributed by atoms with E-state index in [9.17, 15) is 17.6 Å². The van der Waals surface area contributed by atoms with Crippen molar-refractivity contribution in [3.63, 3.8) is 0 Å². The second-order valence-corrected chi connectivity index (χ2v) is 3.96. The fraction of sp³-hybridized carbons (Fsp3) is 1.00. The van der Waals surface area contributed by atoms with Crippen LogP contribution in [0.25, 0.3) is 0 Å². The summed E-state index contributed by atoms with van der Waals surface area (Å²) >= 11 is 0. The molecule has 2 atom stereocenters. The molecule has 1 saturated carbocycles. The summed E-state index contributed by atoms with van der Waals surface area (Å²) in [6.45, 7) is 0.651. The first kappa shape index (κ1) is 11.8. The zero-order chi connectivity index (χ0) is 10.8. The standard InChI is InChI=1S/C9H15F4N/c1-14-5-3-7-2-4-8(10,6-7)9(11,12)13/h7,14H,2-6H2,1H3. The Labute approximate surface area is 80.9 Å². The highest BCUT2D eigenvalue weighted by molar-refractivity contribution is 4.95. The van der Waals surface area contributed by atoms with Gasteiger partial charge in [-0.1, -0.05) is 0 Å². The maximum absolute atomic E-state index is 13.4. The van der Waals surface area contributed by atoms with Crippen molar-refractivity contribution in [2.75, 3.05) is 13.6 Å². The highest BCUT2D eigenvalue weighted by Gasteiger charge is 2.58. The van der Waals surface area contributed by atoms with Gasteiger partial charge in [-0.3, -0.25) is 0 Å². The summed E-state index contributed by atoms with van der Waals surface area (Å²) < 4.78 is 50.1. The molecule has 0 heterocycles. The molecule has 1 fully saturated rings. The lowest BCUT2D eigenvalue weighted by Gasteiger charge is -2.22. The third-order valence-electron chi connectivity index (χ3n) is 2.87. The number of alkyl halides is 4. The molecule has 0 amide bonds. The fourth-order valence-corrected chi connectivity index (χ4v) is 1.95. The molecular formula is C9H15F4N. The van der Waals surface area contributed by atoms with Crippen LogP contribution in [0.2, 0.25) is 0 Å². The Morgan fingerprint density at radius 1 is 1.43 bits per heavy atom. The van der Waals surface area contributed by atoms with E-state index in [4.69, 9.17) is 0 Å². The second kappa shape index (κ2) is 4.04. The molecule has 0 bridgehead atoms. The van der Waals surface area contributed by atoms with Crippen LogP contribution in [0.1, 0.15) is 25.7 Å². The van der Waals surface area contributed by atoms with Crippen molar-refractivity contribution in [2.24, 2.45) is 5.92 Å². The Balaban J connectivity index is 2.47. The van der Waals surface area contributed by atoms with Crippen LogP contribution in [0.4, 0.5) is 17.6 Å². The van der Waals surface area contributed by atoms with Crippen LogP contribution in [0.5, 0.6) is 0 Å². The average molecular weight is 213 g/mol. The lowest BCUT2D eigenvalue weighted by atomic mass is 9.99. The minimum atomic E-state index is -4.69. The average Bonchev–Trinajstić information content (AvgIpc) is 2.44. The van der Waals surface area contributed by atoms with E-state index in [2.05, 4.69) is 5.32 Å². The summed E-state index contributed by atoms with van der Waals surface area (Å²) in [5, 5.41) is 2.86. The molecule has 5 heteroatoms. The van der Waals surface area contributed by atoms with Gasteiger partial charge in [0, 0.05) is 0 Å². The summed E-state index contributed by atoms with van der Waals surface area (Å²) in [6, 6.07) is 0. The van der Waals surface area contributed by atoms with Gasteiger partial charge in [0.2, 0.25) is 5.67 Å². The number of hydrogen-bond donors (Lipinski definition) is 1. The largest absolute Gasteiger partial charge is 0.422 e. The first-order valence-electron chi connectivity index (χ1n) is 4.79. The van der Waals surface area contributed by atoms with Crippen LogP contribution < -0.4 is 5.32 Å². The van der Waals surface area contributed by atoms with E-state index in [1.54, 1.807) is 7.05 Å². The van der Waals surface area contributed by atoms with E-state index in [0.29, 0.717) is 19.4 Å². The zero-order valence-corrected chi connectivity index (χ0v) is 8.12. The molecule has 0 spiro atoms. The molecule has 84 valence electrons. The monoisotopic (exact) mass is 213 g/mol. The van der Waals surface area contributed by atoms with Crippen LogP contribution in [-0.4, -0.2) is 25.4 Å². The number of halogens is 4. The van der Waals surface area contributed by atoms with Gasteiger partial charge in [0.05, 0.1) is 0 Å². The minimum Gasteiger partial charge on any atom is -0.320 e. The summed E-state index contributed by atoms with van der Waals surface area (Å²) in [4.78, 5) is 0. The van der Waals surface area contributed by atoms with Gasteiger partial charge in [0.25, 0.3) is 0 Å². The summed E-state index contributed by atoms with van der Waals surface area (Å²) in [7, 11) is 1.74. The van der Waals surface area contributed by atoms with Gasteiger partial charge in [-0.25, -0.2) is 4.39 Å². The van der Waals surface area contributed by atoms with Gasteiger partial charge in [0.15, 0.2) is 0 Å². The molecule has 1 rings (SSSR count). The lowest BCUT2D eigenvalue weighted by molar-refractivity contribution is -0.228. The minimum absolute atomic E-state index is 0.130. The van der Waals surface area contributed by atoms with Crippen molar-refractivity contribution in [3.05, 3.63) is 0 Å². The SMILES string of the molecule is CNCCC1CCC(F)(C(F)(F)F)C1. The van der Waals surface area contributed by atoms with Crippen LogP contribution >= 0.6 is 0 Å². The van der Waals surface area contributed by atoms with Crippen molar-refractivity contribution in [1.29, 1.82) is 0 Å². The number of hydrogen-bond acceptors (Lipinski definition) is 1. The third-order valence-corrected chi connectivity index (χ3v) is 2.87. The normalized spacial score (nSPS) is 33.6. The molecule has 0 saturated heterocycles. The van der Waals surface area contributed by atoms with Gasteiger partial charge in [-0.2, -0.15) is 13.2 Å². The first-order chi connectivity index (χ1) is 6.39. The molecule has 14 heavy (non-hydrogen) atoms. The quantitative estimate of drug-likeness (QED) is 0.711. The highest BCUT2D eigenvalue weighted by Crippen LogP contribution is 2.48. The van der Waals surface area contributed by atoms with Crippen molar-refractivity contribution in [1.82, 2.24) is 5.32 Å². The molecular weight excluding hydrogens is 198 g/mol. The van der Waals surface area contributed by atoms with E-state index in [1.165, 1.54) is 0 Å². The van der Waals surface area contributed by atoms with Crippen molar-refractivity contribution in [2.45, 2.75) is 37.5 Å². The smallest absolute Gasteiger partial charge is 0.320 e. The van der Waals surface area contributed by atoms with Crippen molar-refractivity contribution in [3.8, 4) is 0 Å². The van der Waals surface area contributed by atoms with E-state index in [0.717, 1.165) is 0 Å². The molecule has 0 radical (unpaired) electrons. The first-order valence-corrected chi connectivity index (χ1v) is 4.79. The lowest BCUT2D eigenvalue weighted by Crippen LogP contribution is -2.38. The maximum Gasteiger partial charge on any atom is 0.422 e. The van der Waals surface area contributed by atoms with E-state index in [-0.39, 0.29) is 18.8 Å². The summed E-state index contributed by atoms with van der Waals surface area (Å²) in [5.41, 5.74) is -2.93. The molecule has 0 aromatic carbocycles. The molecule has 0 aliphatic heterocycles. The predicted octanol–water partition coefficient (Wildman–Crippen LogP) is 2.67. The van der Waals surface area contributed by atoms with E-state index >= 15 is 0 Å². The van der Waals surface area contributed by atoms with Gasteiger partial charge < -0.3 is 5.32 Å². The predicted molar refractivity (Wildman–Crippen MR) is 45.8 cm³/mol. The van der Waals surface area contributed by atoms with E-state index < -0.39 is 11.8 Å². The van der Waals surface area contributed by atoms with Crippen LogP contribution in [0, 0.1) is 5.92 Å². The van der Waals surface area contributed by atoms with E-state index in [1.807, 2.05) is 0 Å². The van der Waals surface area contributed by atoms with Crippen LogP contribution in [-0.2, 0) is 0 Å². The molecule has 1 nitrogen and oxygen atoms in total. The Kier molecular flexibility index (Phi) is 3.40. The molecule has 2 unspecified atom stereocenters. The second-order valence-electron chi connectivity index (χ2n) is 3.96. The summed E-state index contributed by atoms with van der Waals surface area (Å²) in [6.07, 6.45) is -4.46. The fourth-order valence-electron chi connectivity index (χ4n) is 1.95. The van der Waals surface area contributed by atoms with Crippen LogP contribution in [0.15, 0.2) is 0 Å². The third kappa shape index (κ3) is 2.38. The molecule has 1 aliphatic carbocycles. The van der Waals surface area contributed by atoms with Gasteiger partial charge in [-0.05, 0) is 45.2 Å². The number of nitrogens with one attached hydrogen (secondary N) is 1. The topological polar surface area (TPSA) is 12.0 Å². The maximum atomic E-state index is 13.4. The molecule has 0 aromatic heterocycles. The Morgan fingerprint density at radius 3 is 2.50 bits per heavy atom. The van der Waals surface area contributed by atoms with Crippen LogP contribution in [0.3, 0.4) is 0 Å².